The molecule has 1 aliphatic carbocycles. The van der Waals surface area contributed by atoms with E-state index in [2.05, 4.69) is 0 Å². The van der Waals surface area contributed by atoms with Crippen LogP contribution in [0.15, 0.2) is 72.8 Å². The summed E-state index contributed by atoms with van der Waals surface area (Å²) in [5.74, 6) is -1.36. The number of nitrogens with zero attached hydrogens (tertiary/aromatic N) is 1. The number of hydrogen-bond acceptors (Lipinski definition) is 3. The van der Waals surface area contributed by atoms with E-state index in [1.54, 1.807) is 48.5 Å². The molecule has 0 unspecified atom stereocenters. The summed E-state index contributed by atoms with van der Waals surface area (Å²) in [6.45, 7) is 0. The lowest BCUT2D eigenvalue weighted by Crippen LogP contribution is -2.43. The number of primary amides is 1. The van der Waals surface area contributed by atoms with Gasteiger partial charge < -0.3 is 16.4 Å². The molecular formula is C25H22F3N3O2. The van der Waals surface area contributed by atoms with Crippen molar-refractivity contribution in [3.63, 3.8) is 0 Å². The highest BCUT2D eigenvalue weighted by Crippen LogP contribution is 2.43. The maximum atomic E-state index is 13.8. The summed E-state index contributed by atoms with van der Waals surface area (Å²) in [6.07, 6.45) is -3.72. The first-order valence-electron chi connectivity index (χ1n) is 10.4. The third-order valence-electron chi connectivity index (χ3n) is 5.94. The number of nitrogen functional groups attached to an aromatic ring is 1. The molecule has 3 aromatic carbocycles. The van der Waals surface area contributed by atoms with Gasteiger partial charge >= 0.3 is 6.18 Å². The van der Waals surface area contributed by atoms with Crippen LogP contribution in [0.1, 0.15) is 51.1 Å². The summed E-state index contributed by atoms with van der Waals surface area (Å²) in [4.78, 5) is 27.7. The van der Waals surface area contributed by atoms with E-state index in [0.717, 1.165) is 12.1 Å². The minimum Gasteiger partial charge on any atom is -0.398 e. The number of halogens is 3. The van der Waals surface area contributed by atoms with Gasteiger partial charge in [-0.1, -0.05) is 48.5 Å². The number of para-hydroxylation sites is 1. The molecule has 0 aliphatic heterocycles. The van der Waals surface area contributed by atoms with E-state index in [0.29, 0.717) is 29.5 Å². The number of anilines is 1. The van der Waals surface area contributed by atoms with E-state index in [9.17, 15) is 22.8 Å². The van der Waals surface area contributed by atoms with Crippen LogP contribution in [0.4, 0.5) is 18.9 Å². The molecule has 4 rings (SSSR count). The molecule has 0 bridgehead atoms. The van der Waals surface area contributed by atoms with Crippen LogP contribution in [0.25, 0.3) is 0 Å². The summed E-state index contributed by atoms with van der Waals surface area (Å²) < 4.78 is 40.3. The Kier molecular flexibility index (Phi) is 5.84. The lowest BCUT2D eigenvalue weighted by Gasteiger charge is -2.36. The van der Waals surface area contributed by atoms with Crippen molar-refractivity contribution in [2.75, 3.05) is 5.73 Å². The maximum Gasteiger partial charge on any atom is 0.416 e. The number of carbonyl (C=O) groups excluding carboxylic acids is 2. The van der Waals surface area contributed by atoms with Crippen molar-refractivity contribution in [3.05, 3.63) is 101 Å². The van der Waals surface area contributed by atoms with Crippen molar-refractivity contribution >= 4 is 17.5 Å². The van der Waals surface area contributed by atoms with Gasteiger partial charge in [-0.25, -0.2) is 0 Å². The number of nitrogens with two attached hydrogens (primary N) is 2. The van der Waals surface area contributed by atoms with Crippen LogP contribution >= 0.6 is 0 Å². The van der Waals surface area contributed by atoms with Crippen molar-refractivity contribution < 1.29 is 22.8 Å². The van der Waals surface area contributed by atoms with E-state index in [-0.39, 0.29) is 11.3 Å². The molecule has 0 saturated heterocycles. The van der Waals surface area contributed by atoms with E-state index in [1.807, 2.05) is 0 Å². The van der Waals surface area contributed by atoms with Gasteiger partial charge in [0.05, 0.1) is 17.2 Å². The number of alkyl halides is 3. The summed E-state index contributed by atoms with van der Waals surface area (Å²) in [7, 11) is 0. The lowest BCUT2D eigenvalue weighted by atomic mass is 9.96. The molecule has 0 aromatic heterocycles. The van der Waals surface area contributed by atoms with Crippen molar-refractivity contribution in [1.82, 2.24) is 4.90 Å². The smallest absolute Gasteiger partial charge is 0.398 e. The maximum absolute atomic E-state index is 13.8. The molecule has 2 amide bonds. The lowest BCUT2D eigenvalue weighted by molar-refractivity contribution is -0.137. The van der Waals surface area contributed by atoms with Gasteiger partial charge in [0.1, 0.15) is 6.04 Å². The van der Waals surface area contributed by atoms with Gasteiger partial charge in [0.2, 0.25) is 5.91 Å². The minimum absolute atomic E-state index is 0.153. The third kappa shape index (κ3) is 4.28. The first-order chi connectivity index (χ1) is 15.7. The molecule has 0 spiro atoms. The number of hydrogen-bond donors (Lipinski definition) is 2. The van der Waals surface area contributed by atoms with Gasteiger partial charge in [-0.3, -0.25) is 9.59 Å². The van der Waals surface area contributed by atoms with Crippen molar-refractivity contribution in [2.24, 2.45) is 5.73 Å². The highest BCUT2D eigenvalue weighted by molar-refractivity contribution is 6.01. The SMILES string of the molecule is NC(=O)[C@@H](c1ccccc1)N(C(=O)c1ccccc1N)[C@@H]1CCc2ccc(C(F)(F)F)cc21. The second-order valence-electron chi connectivity index (χ2n) is 7.98. The Labute approximate surface area is 188 Å². The summed E-state index contributed by atoms with van der Waals surface area (Å²) in [6, 6.07) is 16.4. The molecule has 0 fully saturated rings. The summed E-state index contributed by atoms with van der Waals surface area (Å²) in [5, 5.41) is 0. The largest absolute Gasteiger partial charge is 0.416 e. The summed E-state index contributed by atoms with van der Waals surface area (Å²) in [5.41, 5.74) is 12.9. The molecular weight excluding hydrogens is 431 g/mol. The molecule has 8 heteroatoms. The number of carbonyl (C=O) groups is 2. The third-order valence-corrected chi connectivity index (χ3v) is 5.94. The summed E-state index contributed by atoms with van der Waals surface area (Å²) >= 11 is 0. The molecule has 3 aromatic rings. The van der Waals surface area contributed by atoms with Crippen LogP contribution in [-0.4, -0.2) is 16.7 Å². The van der Waals surface area contributed by atoms with Gasteiger partial charge in [0.15, 0.2) is 0 Å². The zero-order valence-electron chi connectivity index (χ0n) is 17.5. The van der Waals surface area contributed by atoms with Crippen molar-refractivity contribution in [2.45, 2.75) is 31.1 Å². The second-order valence-corrected chi connectivity index (χ2v) is 7.98. The number of fused-ring (bicyclic) bond motifs is 1. The van der Waals surface area contributed by atoms with E-state index in [1.165, 1.54) is 17.0 Å². The van der Waals surface area contributed by atoms with Gasteiger partial charge in [0, 0.05) is 5.69 Å². The van der Waals surface area contributed by atoms with E-state index < -0.39 is 35.6 Å². The van der Waals surface area contributed by atoms with Crippen LogP contribution in [-0.2, 0) is 17.4 Å². The van der Waals surface area contributed by atoms with E-state index >= 15 is 0 Å². The number of benzene rings is 3. The predicted molar refractivity (Wildman–Crippen MR) is 118 cm³/mol. The Bertz CT molecular complexity index is 1200. The second kappa shape index (κ2) is 8.61. The normalized spacial score (nSPS) is 16.2. The van der Waals surface area contributed by atoms with Crippen LogP contribution in [0, 0.1) is 0 Å². The Morgan fingerprint density at radius 2 is 1.64 bits per heavy atom. The minimum atomic E-state index is -4.54. The molecule has 5 nitrogen and oxygen atoms in total. The quantitative estimate of drug-likeness (QED) is 0.552. The van der Waals surface area contributed by atoms with Crippen LogP contribution in [0.2, 0.25) is 0 Å². The fourth-order valence-electron chi connectivity index (χ4n) is 4.41. The zero-order chi connectivity index (χ0) is 23.8. The molecule has 0 saturated carbocycles. The van der Waals surface area contributed by atoms with E-state index in [4.69, 9.17) is 11.5 Å². The first-order valence-corrected chi connectivity index (χ1v) is 10.4. The monoisotopic (exact) mass is 453 g/mol. The van der Waals surface area contributed by atoms with Crippen LogP contribution < -0.4 is 11.5 Å². The molecule has 2 atom stereocenters. The van der Waals surface area contributed by atoms with Crippen molar-refractivity contribution in [3.8, 4) is 0 Å². The highest BCUT2D eigenvalue weighted by Gasteiger charge is 2.41. The topological polar surface area (TPSA) is 89.4 Å². The predicted octanol–water partition coefficient (Wildman–Crippen LogP) is 4.64. The Morgan fingerprint density at radius 3 is 2.27 bits per heavy atom. The average Bonchev–Trinajstić information content (AvgIpc) is 3.20. The average molecular weight is 453 g/mol. The number of amides is 2. The molecule has 33 heavy (non-hydrogen) atoms. The fourth-order valence-corrected chi connectivity index (χ4v) is 4.41. The zero-order valence-corrected chi connectivity index (χ0v) is 17.5. The van der Waals surface area contributed by atoms with Crippen LogP contribution in [0.3, 0.4) is 0 Å². The van der Waals surface area contributed by atoms with Gasteiger partial charge in [-0.15, -0.1) is 0 Å². The molecule has 4 N–H and O–H groups in total. The van der Waals surface area contributed by atoms with Gasteiger partial charge in [-0.05, 0) is 53.8 Å². The van der Waals surface area contributed by atoms with Crippen LogP contribution in [0.5, 0.6) is 0 Å². The highest BCUT2D eigenvalue weighted by atomic mass is 19.4. The Balaban J connectivity index is 1.89. The Hall–Kier alpha value is -3.81. The molecule has 170 valence electrons. The Morgan fingerprint density at radius 1 is 0.970 bits per heavy atom. The van der Waals surface area contributed by atoms with Gasteiger partial charge in [-0.2, -0.15) is 13.2 Å². The first kappa shape index (κ1) is 22.4. The number of aryl methyl sites for hydroxylation is 1. The fraction of sp³-hybridized carbons (Fsp3) is 0.200. The molecule has 0 heterocycles. The molecule has 0 radical (unpaired) electrons. The van der Waals surface area contributed by atoms with Crippen molar-refractivity contribution in [1.29, 1.82) is 0 Å². The number of rotatable bonds is 5. The standard InChI is InChI=1S/C25H22F3N3O2/c26-25(27,28)17-12-10-15-11-13-21(19(15)14-17)31(24(33)18-8-4-5-9-20(18)29)22(23(30)32)16-6-2-1-3-7-16/h1-10,12,14,21-22H,11,13,29H2,(H2,30,32)/t21-,22-/m1/s1. The molecule has 1 aliphatic rings. The van der Waals surface area contributed by atoms with Gasteiger partial charge in [0.25, 0.3) is 5.91 Å².